The first-order valence-electron chi connectivity index (χ1n) is 5.34. The molecule has 2 aromatic rings. The number of carboxylic acid groups (broad SMARTS) is 1. The SMILES string of the molecule is Cn1nccc1-c1cc(C(=O)O)c(Cl)cc1C(F)(F)F. The van der Waals surface area contributed by atoms with Crippen LogP contribution < -0.4 is 0 Å². The molecule has 0 fully saturated rings. The van der Waals surface area contributed by atoms with Crippen LogP contribution >= 0.6 is 11.6 Å². The highest BCUT2D eigenvalue weighted by Crippen LogP contribution is 2.39. The molecule has 0 saturated heterocycles. The molecular weight excluding hydrogens is 297 g/mol. The Balaban J connectivity index is 2.79. The second kappa shape index (κ2) is 4.82. The average Bonchev–Trinajstić information content (AvgIpc) is 2.73. The zero-order chi connectivity index (χ0) is 15.1. The van der Waals surface area contributed by atoms with Gasteiger partial charge in [-0.3, -0.25) is 4.68 Å². The van der Waals surface area contributed by atoms with Gasteiger partial charge in [-0.05, 0) is 18.2 Å². The molecule has 106 valence electrons. The van der Waals surface area contributed by atoms with Crippen LogP contribution in [0.4, 0.5) is 13.2 Å². The number of carboxylic acids is 1. The van der Waals surface area contributed by atoms with Crippen LogP contribution in [0.1, 0.15) is 15.9 Å². The van der Waals surface area contributed by atoms with E-state index in [0.29, 0.717) is 6.07 Å². The zero-order valence-corrected chi connectivity index (χ0v) is 10.8. The Hall–Kier alpha value is -2.02. The number of aryl methyl sites for hydroxylation is 1. The summed E-state index contributed by atoms with van der Waals surface area (Å²) in [5.41, 5.74) is -1.53. The van der Waals surface area contributed by atoms with Gasteiger partial charge in [0, 0.05) is 18.8 Å². The van der Waals surface area contributed by atoms with E-state index in [4.69, 9.17) is 16.7 Å². The van der Waals surface area contributed by atoms with Crippen molar-refractivity contribution >= 4 is 17.6 Å². The normalized spacial score (nSPS) is 11.7. The molecule has 1 aromatic carbocycles. The van der Waals surface area contributed by atoms with Crippen LogP contribution in [0.3, 0.4) is 0 Å². The lowest BCUT2D eigenvalue weighted by Gasteiger charge is -2.15. The summed E-state index contributed by atoms with van der Waals surface area (Å²) in [6, 6.07) is 2.89. The highest BCUT2D eigenvalue weighted by Gasteiger charge is 2.35. The second-order valence-electron chi connectivity index (χ2n) is 4.02. The summed E-state index contributed by atoms with van der Waals surface area (Å²) in [7, 11) is 1.46. The maximum Gasteiger partial charge on any atom is 0.417 e. The van der Waals surface area contributed by atoms with E-state index < -0.39 is 28.3 Å². The Labute approximate surface area is 116 Å². The molecule has 0 aliphatic carbocycles. The molecule has 0 atom stereocenters. The average molecular weight is 305 g/mol. The maximum atomic E-state index is 13.0. The number of alkyl halides is 3. The Kier molecular flexibility index (Phi) is 3.47. The number of benzene rings is 1. The van der Waals surface area contributed by atoms with Crippen LogP contribution in [0.25, 0.3) is 11.3 Å². The number of hydrogen-bond acceptors (Lipinski definition) is 2. The zero-order valence-electron chi connectivity index (χ0n) is 10.1. The minimum Gasteiger partial charge on any atom is -0.478 e. The molecule has 0 unspecified atom stereocenters. The van der Waals surface area contributed by atoms with E-state index in [1.165, 1.54) is 24.0 Å². The molecular formula is C12H8ClF3N2O2. The molecule has 0 amide bonds. The van der Waals surface area contributed by atoms with Crippen LogP contribution in [0.5, 0.6) is 0 Å². The van der Waals surface area contributed by atoms with Crippen LogP contribution in [0.2, 0.25) is 5.02 Å². The van der Waals surface area contributed by atoms with Gasteiger partial charge in [0.2, 0.25) is 0 Å². The quantitative estimate of drug-likeness (QED) is 0.924. The topological polar surface area (TPSA) is 55.1 Å². The van der Waals surface area contributed by atoms with E-state index in [2.05, 4.69) is 5.10 Å². The van der Waals surface area contributed by atoms with Crippen molar-refractivity contribution in [1.29, 1.82) is 0 Å². The van der Waals surface area contributed by atoms with Crippen molar-refractivity contribution in [3.8, 4) is 11.3 Å². The van der Waals surface area contributed by atoms with E-state index >= 15 is 0 Å². The molecule has 20 heavy (non-hydrogen) atoms. The van der Waals surface area contributed by atoms with Gasteiger partial charge in [-0.2, -0.15) is 18.3 Å². The summed E-state index contributed by atoms with van der Waals surface area (Å²) in [5.74, 6) is -1.40. The molecule has 1 N–H and O–H groups in total. The van der Waals surface area contributed by atoms with Crippen molar-refractivity contribution in [2.45, 2.75) is 6.18 Å². The molecule has 0 aliphatic heterocycles. The first-order valence-corrected chi connectivity index (χ1v) is 5.72. The molecule has 0 saturated carbocycles. The van der Waals surface area contributed by atoms with Gasteiger partial charge in [0.15, 0.2) is 0 Å². The van der Waals surface area contributed by atoms with Gasteiger partial charge in [0.1, 0.15) is 0 Å². The fraction of sp³-hybridized carbons (Fsp3) is 0.167. The minimum absolute atomic E-state index is 0.150. The number of aromatic carboxylic acids is 1. The summed E-state index contributed by atoms with van der Waals surface area (Å²) in [5, 5.41) is 12.3. The fourth-order valence-electron chi connectivity index (χ4n) is 1.82. The Morgan fingerprint density at radius 3 is 2.50 bits per heavy atom. The predicted octanol–water partition coefficient (Wildman–Crippen LogP) is 3.46. The van der Waals surface area contributed by atoms with Crippen LogP contribution in [0, 0.1) is 0 Å². The largest absolute Gasteiger partial charge is 0.478 e. The summed E-state index contributed by atoms with van der Waals surface area (Å²) < 4.78 is 40.4. The standard InChI is InChI=1S/C12H8ClF3N2O2/c1-18-10(2-3-17-18)6-4-7(11(19)20)9(13)5-8(6)12(14,15)16/h2-5H,1H3,(H,19,20). The number of nitrogens with zero attached hydrogens (tertiary/aromatic N) is 2. The van der Waals surface area contributed by atoms with E-state index in [1.54, 1.807) is 0 Å². The smallest absolute Gasteiger partial charge is 0.417 e. The van der Waals surface area contributed by atoms with Gasteiger partial charge in [-0.25, -0.2) is 4.79 Å². The third-order valence-electron chi connectivity index (χ3n) is 2.74. The number of hydrogen-bond donors (Lipinski definition) is 1. The van der Waals surface area contributed by atoms with Crippen molar-refractivity contribution in [3.05, 3.63) is 40.5 Å². The Bertz CT molecular complexity index is 680. The second-order valence-corrected chi connectivity index (χ2v) is 4.43. The third kappa shape index (κ3) is 2.49. The number of halogens is 4. The summed E-state index contributed by atoms with van der Waals surface area (Å²) in [6.45, 7) is 0. The van der Waals surface area contributed by atoms with E-state index in [1.807, 2.05) is 0 Å². The van der Waals surface area contributed by atoms with E-state index in [9.17, 15) is 18.0 Å². The Morgan fingerprint density at radius 1 is 1.40 bits per heavy atom. The van der Waals surface area contributed by atoms with Crippen molar-refractivity contribution in [1.82, 2.24) is 9.78 Å². The highest BCUT2D eigenvalue weighted by atomic mass is 35.5. The van der Waals surface area contributed by atoms with Gasteiger partial charge in [-0.1, -0.05) is 11.6 Å². The Morgan fingerprint density at radius 2 is 2.05 bits per heavy atom. The predicted molar refractivity (Wildman–Crippen MR) is 65.6 cm³/mol. The first kappa shape index (κ1) is 14.4. The van der Waals surface area contributed by atoms with Crippen LogP contribution in [0.15, 0.2) is 24.4 Å². The lowest BCUT2D eigenvalue weighted by atomic mass is 10.0. The monoisotopic (exact) mass is 304 g/mol. The van der Waals surface area contributed by atoms with E-state index in [0.717, 1.165) is 6.07 Å². The van der Waals surface area contributed by atoms with Crippen molar-refractivity contribution in [2.75, 3.05) is 0 Å². The van der Waals surface area contributed by atoms with Crippen molar-refractivity contribution in [2.24, 2.45) is 7.05 Å². The maximum absolute atomic E-state index is 13.0. The molecule has 2 rings (SSSR count). The van der Waals surface area contributed by atoms with E-state index in [-0.39, 0.29) is 11.3 Å². The molecule has 0 bridgehead atoms. The lowest BCUT2D eigenvalue weighted by molar-refractivity contribution is -0.137. The lowest BCUT2D eigenvalue weighted by Crippen LogP contribution is -2.11. The molecule has 4 nitrogen and oxygen atoms in total. The van der Waals surface area contributed by atoms with Gasteiger partial charge in [0.25, 0.3) is 0 Å². The van der Waals surface area contributed by atoms with Crippen LogP contribution in [-0.4, -0.2) is 20.9 Å². The summed E-state index contributed by atoms with van der Waals surface area (Å²) in [4.78, 5) is 11.0. The van der Waals surface area contributed by atoms with Gasteiger partial charge >= 0.3 is 12.1 Å². The van der Waals surface area contributed by atoms with Crippen molar-refractivity contribution < 1.29 is 23.1 Å². The summed E-state index contributed by atoms with van der Waals surface area (Å²) >= 11 is 5.60. The van der Waals surface area contributed by atoms with Gasteiger partial charge in [0.05, 0.1) is 21.8 Å². The number of aromatic nitrogens is 2. The molecule has 8 heteroatoms. The van der Waals surface area contributed by atoms with Crippen LogP contribution in [-0.2, 0) is 13.2 Å². The van der Waals surface area contributed by atoms with Crippen molar-refractivity contribution in [3.63, 3.8) is 0 Å². The number of rotatable bonds is 2. The molecule has 0 aliphatic rings. The minimum atomic E-state index is -4.65. The molecule has 1 aromatic heterocycles. The first-order chi connectivity index (χ1) is 9.21. The number of carbonyl (C=O) groups is 1. The molecule has 0 spiro atoms. The van der Waals surface area contributed by atoms with Gasteiger partial charge in [-0.15, -0.1) is 0 Å². The fourth-order valence-corrected chi connectivity index (χ4v) is 2.07. The van der Waals surface area contributed by atoms with Gasteiger partial charge < -0.3 is 5.11 Å². The molecule has 0 radical (unpaired) electrons. The highest BCUT2D eigenvalue weighted by molar-refractivity contribution is 6.33. The third-order valence-corrected chi connectivity index (χ3v) is 3.05. The molecule has 1 heterocycles. The summed E-state index contributed by atoms with van der Waals surface area (Å²) in [6.07, 6.45) is -3.33.